The van der Waals surface area contributed by atoms with Gasteiger partial charge in [0, 0.05) is 24.0 Å². The maximum atomic E-state index is 13.0. The van der Waals surface area contributed by atoms with E-state index in [1.165, 1.54) is 0 Å². The molecule has 2 N–H and O–H groups in total. The molecule has 0 fully saturated rings. The van der Waals surface area contributed by atoms with Crippen molar-refractivity contribution in [2.24, 2.45) is 0 Å². The number of nitrogens with zero attached hydrogens (tertiary/aromatic N) is 2. The molecule has 4 aromatic rings. The van der Waals surface area contributed by atoms with E-state index in [-0.39, 0.29) is 11.8 Å². The van der Waals surface area contributed by atoms with Crippen molar-refractivity contribution in [1.82, 2.24) is 20.8 Å². The minimum absolute atomic E-state index is 0.149. The van der Waals surface area contributed by atoms with Crippen LogP contribution in [0.1, 0.15) is 36.9 Å². The first-order valence-electron chi connectivity index (χ1n) is 9.39. The largest absolute Gasteiger partial charge is 0.355 e. The minimum Gasteiger partial charge on any atom is -0.355 e. The molecule has 0 saturated carbocycles. The van der Waals surface area contributed by atoms with Crippen LogP contribution in [0.25, 0.3) is 21.7 Å². The molecular weight excluding hydrogens is 400 g/mol. The van der Waals surface area contributed by atoms with E-state index in [2.05, 4.69) is 20.8 Å². The van der Waals surface area contributed by atoms with Gasteiger partial charge in [-0.25, -0.2) is 4.98 Å². The Morgan fingerprint density at radius 1 is 1.07 bits per heavy atom. The third-order valence-corrected chi connectivity index (χ3v) is 5.77. The molecular formula is C22H20N4O3S. The van der Waals surface area contributed by atoms with E-state index in [0.29, 0.717) is 40.2 Å². The maximum Gasteiger partial charge on any atom is 0.259 e. The van der Waals surface area contributed by atoms with Crippen molar-refractivity contribution in [3.05, 3.63) is 69.7 Å². The third kappa shape index (κ3) is 3.81. The quantitative estimate of drug-likeness (QED) is 0.511. The summed E-state index contributed by atoms with van der Waals surface area (Å²) in [6.45, 7) is 4.14. The van der Waals surface area contributed by atoms with E-state index in [0.717, 1.165) is 15.3 Å². The normalized spacial score (nSPS) is 10.9. The average Bonchev–Trinajstić information content (AvgIpc) is 3.37. The standard InChI is InChI=1S/C22H20N4O3S/c1-12-4-9-18(30-12)17-10-16(19-13(2)26-29-22(19)25-17)21(28)24-11-14-5-7-15(8-6-14)20(27)23-3/h4-10H,11H2,1-3H3,(H,23,27)(H,24,28). The van der Waals surface area contributed by atoms with Crippen LogP contribution in [-0.2, 0) is 6.54 Å². The number of benzene rings is 1. The molecule has 4 rings (SSSR count). The molecule has 0 bridgehead atoms. The summed E-state index contributed by atoms with van der Waals surface area (Å²) in [5, 5.41) is 10.1. The van der Waals surface area contributed by atoms with E-state index >= 15 is 0 Å². The number of carbonyl (C=O) groups is 2. The lowest BCUT2D eigenvalue weighted by atomic mass is 10.1. The van der Waals surface area contributed by atoms with Crippen LogP contribution in [-0.4, -0.2) is 29.0 Å². The monoisotopic (exact) mass is 420 g/mol. The predicted molar refractivity (Wildman–Crippen MR) is 116 cm³/mol. The van der Waals surface area contributed by atoms with Crippen molar-refractivity contribution in [1.29, 1.82) is 0 Å². The zero-order valence-corrected chi connectivity index (χ0v) is 17.6. The Kier molecular flexibility index (Phi) is 5.33. The first-order chi connectivity index (χ1) is 14.5. The lowest BCUT2D eigenvalue weighted by Crippen LogP contribution is -2.23. The Morgan fingerprint density at radius 2 is 1.83 bits per heavy atom. The molecule has 0 aliphatic carbocycles. The van der Waals surface area contributed by atoms with Gasteiger partial charge in [-0.1, -0.05) is 17.3 Å². The van der Waals surface area contributed by atoms with Crippen molar-refractivity contribution in [2.75, 3.05) is 7.05 Å². The summed E-state index contributed by atoms with van der Waals surface area (Å²) in [7, 11) is 1.59. The fraction of sp³-hybridized carbons (Fsp3) is 0.182. The summed E-state index contributed by atoms with van der Waals surface area (Å²) >= 11 is 1.60. The van der Waals surface area contributed by atoms with Crippen LogP contribution in [0.3, 0.4) is 0 Å². The smallest absolute Gasteiger partial charge is 0.259 e. The number of aromatic nitrogens is 2. The number of aryl methyl sites for hydroxylation is 2. The molecule has 0 atom stereocenters. The van der Waals surface area contributed by atoms with Crippen LogP contribution in [0.15, 0.2) is 47.0 Å². The Labute approximate surface area is 177 Å². The third-order valence-electron chi connectivity index (χ3n) is 4.75. The summed E-state index contributed by atoms with van der Waals surface area (Å²) in [4.78, 5) is 31.3. The molecule has 3 heterocycles. The maximum absolute atomic E-state index is 13.0. The molecule has 7 nitrogen and oxygen atoms in total. The van der Waals surface area contributed by atoms with Gasteiger partial charge < -0.3 is 15.2 Å². The van der Waals surface area contributed by atoms with Gasteiger partial charge in [0.05, 0.1) is 27.2 Å². The molecule has 8 heteroatoms. The van der Waals surface area contributed by atoms with Crippen LogP contribution in [0.5, 0.6) is 0 Å². The van der Waals surface area contributed by atoms with E-state index in [1.54, 1.807) is 43.5 Å². The fourth-order valence-corrected chi connectivity index (χ4v) is 4.00. The highest BCUT2D eigenvalue weighted by atomic mass is 32.1. The second-order valence-electron chi connectivity index (χ2n) is 6.87. The predicted octanol–water partition coefficient (Wildman–Crippen LogP) is 3.86. The second kappa shape index (κ2) is 8.08. The average molecular weight is 420 g/mol. The van der Waals surface area contributed by atoms with Gasteiger partial charge in [0.15, 0.2) is 0 Å². The van der Waals surface area contributed by atoms with Crippen molar-refractivity contribution in [3.8, 4) is 10.6 Å². The van der Waals surface area contributed by atoms with Gasteiger partial charge in [0.1, 0.15) is 0 Å². The summed E-state index contributed by atoms with van der Waals surface area (Å²) in [5.41, 5.74) is 3.57. The fourth-order valence-electron chi connectivity index (χ4n) is 3.17. The summed E-state index contributed by atoms with van der Waals surface area (Å²) in [5.74, 6) is -0.386. The van der Waals surface area contributed by atoms with Crippen molar-refractivity contribution < 1.29 is 14.1 Å². The highest BCUT2D eigenvalue weighted by Gasteiger charge is 2.19. The highest BCUT2D eigenvalue weighted by Crippen LogP contribution is 2.31. The van der Waals surface area contributed by atoms with Crippen molar-refractivity contribution in [3.63, 3.8) is 0 Å². The lowest BCUT2D eigenvalue weighted by molar-refractivity contribution is 0.0947. The lowest BCUT2D eigenvalue weighted by Gasteiger charge is -2.08. The summed E-state index contributed by atoms with van der Waals surface area (Å²) < 4.78 is 5.34. The van der Waals surface area contributed by atoms with Gasteiger partial charge in [-0.2, -0.15) is 0 Å². The van der Waals surface area contributed by atoms with Gasteiger partial charge in [-0.15, -0.1) is 11.3 Å². The first kappa shape index (κ1) is 19.8. The number of rotatable bonds is 5. The first-order valence-corrected chi connectivity index (χ1v) is 10.2. The van der Waals surface area contributed by atoms with Crippen LogP contribution in [0, 0.1) is 13.8 Å². The van der Waals surface area contributed by atoms with Gasteiger partial charge in [0.2, 0.25) is 0 Å². The zero-order chi connectivity index (χ0) is 21.3. The van der Waals surface area contributed by atoms with Crippen LogP contribution in [0.2, 0.25) is 0 Å². The topological polar surface area (TPSA) is 97.1 Å². The SMILES string of the molecule is CNC(=O)c1ccc(CNC(=O)c2cc(-c3ccc(C)s3)nc3onc(C)c23)cc1. The number of fused-ring (bicyclic) bond motifs is 1. The van der Waals surface area contributed by atoms with Gasteiger partial charge in [-0.3, -0.25) is 9.59 Å². The Hall–Kier alpha value is -3.52. The second-order valence-corrected chi connectivity index (χ2v) is 8.16. The molecule has 0 unspecified atom stereocenters. The van der Waals surface area contributed by atoms with Crippen molar-refractivity contribution >= 4 is 34.3 Å². The van der Waals surface area contributed by atoms with Crippen LogP contribution in [0.4, 0.5) is 0 Å². The Bertz CT molecular complexity index is 1240. The molecule has 3 aromatic heterocycles. The van der Waals surface area contributed by atoms with Gasteiger partial charge in [0.25, 0.3) is 17.5 Å². The molecule has 152 valence electrons. The summed E-state index contributed by atoms with van der Waals surface area (Å²) in [6, 6.07) is 12.9. The Balaban J connectivity index is 1.60. The molecule has 0 spiro atoms. The molecule has 0 aliphatic heterocycles. The number of thiophene rings is 1. The zero-order valence-electron chi connectivity index (χ0n) is 16.8. The van der Waals surface area contributed by atoms with E-state index in [4.69, 9.17) is 4.52 Å². The summed E-state index contributed by atoms with van der Waals surface area (Å²) in [6.07, 6.45) is 0. The molecule has 0 aliphatic rings. The molecule has 0 radical (unpaired) electrons. The van der Waals surface area contributed by atoms with E-state index < -0.39 is 0 Å². The van der Waals surface area contributed by atoms with Gasteiger partial charge >= 0.3 is 0 Å². The van der Waals surface area contributed by atoms with E-state index in [1.807, 2.05) is 31.2 Å². The molecule has 0 saturated heterocycles. The van der Waals surface area contributed by atoms with E-state index in [9.17, 15) is 9.59 Å². The number of nitrogens with one attached hydrogen (secondary N) is 2. The number of pyridine rings is 1. The van der Waals surface area contributed by atoms with Crippen LogP contribution < -0.4 is 10.6 Å². The molecule has 30 heavy (non-hydrogen) atoms. The highest BCUT2D eigenvalue weighted by molar-refractivity contribution is 7.15. The van der Waals surface area contributed by atoms with Gasteiger partial charge in [-0.05, 0) is 49.7 Å². The number of amides is 2. The minimum atomic E-state index is -0.237. The number of hydrogen-bond acceptors (Lipinski definition) is 6. The molecule has 2 amide bonds. The number of hydrogen-bond donors (Lipinski definition) is 2. The van der Waals surface area contributed by atoms with Crippen LogP contribution >= 0.6 is 11.3 Å². The number of carbonyl (C=O) groups excluding carboxylic acids is 2. The van der Waals surface area contributed by atoms with Crippen molar-refractivity contribution in [2.45, 2.75) is 20.4 Å². The molecule has 1 aromatic carbocycles. The Morgan fingerprint density at radius 3 is 2.50 bits per heavy atom.